The van der Waals surface area contributed by atoms with Gasteiger partial charge in [0, 0.05) is 25.9 Å². The number of ether oxygens (including phenoxy) is 1. The first-order chi connectivity index (χ1) is 10.7. The summed E-state index contributed by atoms with van der Waals surface area (Å²) in [7, 11) is 0. The fraction of sp³-hybridized carbons (Fsp3) is 0.500. The second-order valence-electron chi connectivity index (χ2n) is 6.23. The molecule has 1 aliphatic rings. The van der Waals surface area contributed by atoms with E-state index in [1.165, 1.54) is 18.4 Å². The number of benzene rings is 1. The van der Waals surface area contributed by atoms with Crippen molar-refractivity contribution in [3.63, 3.8) is 0 Å². The van der Waals surface area contributed by atoms with Gasteiger partial charge in [0.05, 0.1) is 12.3 Å². The molecule has 1 aromatic heterocycles. The predicted octanol–water partition coefficient (Wildman–Crippen LogP) is 3.58. The van der Waals surface area contributed by atoms with Crippen molar-refractivity contribution < 1.29 is 9.15 Å². The number of rotatable bonds is 5. The van der Waals surface area contributed by atoms with Gasteiger partial charge >= 0.3 is 0 Å². The monoisotopic (exact) mass is 300 g/mol. The molecule has 118 valence electrons. The molecule has 0 aliphatic carbocycles. The van der Waals surface area contributed by atoms with Crippen LogP contribution in [0.1, 0.15) is 30.0 Å². The Labute approximate surface area is 132 Å². The number of aromatic nitrogens is 1. The van der Waals surface area contributed by atoms with Gasteiger partial charge in [-0.3, -0.25) is 4.90 Å². The third kappa shape index (κ3) is 4.10. The first-order valence-corrected chi connectivity index (χ1v) is 8.02. The molecule has 2 aromatic rings. The smallest absolute Gasteiger partial charge is 0.191 e. The fourth-order valence-corrected chi connectivity index (χ4v) is 3.06. The summed E-state index contributed by atoms with van der Waals surface area (Å²) in [5.41, 5.74) is 2.27. The van der Waals surface area contributed by atoms with Gasteiger partial charge in [0.1, 0.15) is 12.0 Å². The predicted molar refractivity (Wildman–Crippen MR) is 85.9 cm³/mol. The van der Waals surface area contributed by atoms with Crippen LogP contribution in [0.4, 0.5) is 0 Å². The minimum absolute atomic E-state index is 0.585. The van der Waals surface area contributed by atoms with Crippen molar-refractivity contribution in [1.82, 2.24) is 9.88 Å². The van der Waals surface area contributed by atoms with Crippen LogP contribution in [-0.2, 0) is 6.54 Å². The Balaban J connectivity index is 1.50. The Bertz CT molecular complexity index is 609. The average Bonchev–Trinajstić information content (AvgIpc) is 2.91. The highest BCUT2D eigenvalue weighted by Gasteiger charge is 2.21. The topological polar surface area (TPSA) is 38.5 Å². The molecule has 22 heavy (non-hydrogen) atoms. The van der Waals surface area contributed by atoms with Gasteiger partial charge in [0.25, 0.3) is 0 Å². The van der Waals surface area contributed by atoms with E-state index in [1.54, 1.807) is 6.26 Å². The summed E-state index contributed by atoms with van der Waals surface area (Å²) >= 11 is 0. The largest absolute Gasteiger partial charge is 0.493 e. The quantitative estimate of drug-likeness (QED) is 0.846. The zero-order valence-corrected chi connectivity index (χ0v) is 13.4. The van der Waals surface area contributed by atoms with Crippen LogP contribution in [0.15, 0.2) is 34.9 Å². The van der Waals surface area contributed by atoms with Gasteiger partial charge in [0.15, 0.2) is 5.89 Å². The zero-order valence-electron chi connectivity index (χ0n) is 13.4. The first kappa shape index (κ1) is 15.1. The second kappa shape index (κ2) is 6.97. The summed E-state index contributed by atoms with van der Waals surface area (Å²) in [6, 6.07) is 8.27. The highest BCUT2D eigenvalue weighted by molar-refractivity contribution is 5.27. The lowest BCUT2D eigenvalue weighted by Gasteiger charge is -2.32. The maximum absolute atomic E-state index is 5.97. The van der Waals surface area contributed by atoms with Crippen molar-refractivity contribution in [3.05, 3.63) is 47.7 Å². The highest BCUT2D eigenvalue weighted by Crippen LogP contribution is 2.20. The number of nitrogens with zero attached hydrogens (tertiary/aromatic N) is 2. The van der Waals surface area contributed by atoms with Crippen LogP contribution < -0.4 is 4.74 Å². The third-order valence-electron chi connectivity index (χ3n) is 4.13. The van der Waals surface area contributed by atoms with E-state index in [0.29, 0.717) is 5.92 Å². The van der Waals surface area contributed by atoms with E-state index in [2.05, 4.69) is 28.9 Å². The van der Waals surface area contributed by atoms with Gasteiger partial charge in [-0.05, 0) is 44.0 Å². The Kier molecular flexibility index (Phi) is 4.78. The number of aryl methyl sites for hydroxylation is 2. The molecule has 4 nitrogen and oxygen atoms in total. The van der Waals surface area contributed by atoms with Crippen molar-refractivity contribution in [2.75, 3.05) is 19.7 Å². The van der Waals surface area contributed by atoms with Gasteiger partial charge < -0.3 is 9.15 Å². The summed E-state index contributed by atoms with van der Waals surface area (Å²) in [6.07, 6.45) is 4.22. The Hall–Kier alpha value is -1.81. The molecule has 0 spiro atoms. The Morgan fingerprint density at radius 2 is 2.27 bits per heavy atom. The van der Waals surface area contributed by atoms with Crippen molar-refractivity contribution >= 4 is 0 Å². The van der Waals surface area contributed by atoms with Crippen molar-refractivity contribution in [2.24, 2.45) is 5.92 Å². The van der Waals surface area contributed by atoms with Gasteiger partial charge in [-0.1, -0.05) is 12.1 Å². The first-order valence-electron chi connectivity index (χ1n) is 8.02. The van der Waals surface area contributed by atoms with Gasteiger partial charge in [-0.15, -0.1) is 0 Å². The average molecular weight is 300 g/mol. The van der Waals surface area contributed by atoms with E-state index in [9.17, 15) is 0 Å². The third-order valence-corrected chi connectivity index (χ3v) is 4.13. The molecule has 1 saturated heterocycles. The van der Waals surface area contributed by atoms with Crippen LogP contribution in [0, 0.1) is 19.8 Å². The van der Waals surface area contributed by atoms with Crippen LogP contribution in [-0.4, -0.2) is 29.6 Å². The summed E-state index contributed by atoms with van der Waals surface area (Å²) in [6.45, 7) is 7.84. The molecule has 1 aliphatic heterocycles. The molecule has 0 N–H and O–H groups in total. The summed E-state index contributed by atoms with van der Waals surface area (Å²) in [5.74, 6) is 2.30. The number of piperidine rings is 1. The summed E-state index contributed by atoms with van der Waals surface area (Å²) in [4.78, 5) is 6.84. The van der Waals surface area contributed by atoms with Gasteiger partial charge in [-0.2, -0.15) is 0 Å². The summed E-state index contributed by atoms with van der Waals surface area (Å²) in [5, 5.41) is 0. The molecule has 1 unspecified atom stereocenters. The number of oxazole rings is 1. The molecular weight excluding hydrogens is 276 g/mol. The van der Waals surface area contributed by atoms with Crippen molar-refractivity contribution in [3.8, 4) is 5.75 Å². The van der Waals surface area contributed by atoms with Crippen LogP contribution in [0.5, 0.6) is 5.75 Å². The molecule has 1 aromatic carbocycles. The van der Waals surface area contributed by atoms with E-state index in [1.807, 2.05) is 19.1 Å². The molecule has 3 rings (SSSR count). The molecule has 0 saturated carbocycles. The maximum Gasteiger partial charge on any atom is 0.191 e. The molecule has 0 radical (unpaired) electrons. The highest BCUT2D eigenvalue weighted by atomic mass is 16.5. The van der Waals surface area contributed by atoms with Crippen LogP contribution >= 0.6 is 0 Å². The molecule has 0 bridgehead atoms. The van der Waals surface area contributed by atoms with Gasteiger partial charge in [-0.25, -0.2) is 4.98 Å². The molecule has 1 atom stereocenters. The van der Waals surface area contributed by atoms with E-state index in [4.69, 9.17) is 9.15 Å². The fourth-order valence-electron chi connectivity index (χ4n) is 3.06. The van der Waals surface area contributed by atoms with Gasteiger partial charge in [0.2, 0.25) is 0 Å². The lowest BCUT2D eigenvalue weighted by atomic mass is 9.99. The SMILES string of the molecule is Cc1cccc(OCC2CCCN(Cc3coc(C)n3)C2)c1. The van der Waals surface area contributed by atoms with Crippen LogP contribution in [0.25, 0.3) is 0 Å². The molecule has 4 heteroatoms. The lowest BCUT2D eigenvalue weighted by Crippen LogP contribution is -2.37. The summed E-state index contributed by atoms with van der Waals surface area (Å²) < 4.78 is 11.3. The standard InChI is InChI=1S/C18H24N2O2/c1-14-5-3-7-18(9-14)22-12-16-6-4-8-20(10-16)11-17-13-21-15(2)19-17/h3,5,7,9,13,16H,4,6,8,10-12H2,1-2H3. The van der Waals surface area contributed by atoms with Crippen molar-refractivity contribution in [1.29, 1.82) is 0 Å². The number of likely N-dealkylation sites (tertiary alicyclic amines) is 1. The molecule has 0 amide bonds. The molecule has 1 fully saturated rings. The van der Waals surface area contributed by atoms with E-state index < -0.39 is 0 Å². The zero-order chi connectivity index (χ0) is 15.4. The number of hydrogen-bond acceptors (Lipinski definition) is 4. The second-order valence-corrected chi connectivity index (χ2v) is 6.23. The maximum atomic E-state index is 5.97. The number of hydrogen-bond donors (Lipinski definition) is 0. The van der Waals surface area contributed by atoms with Crippen molar-refractivity contribution in [2.45, 2.75) is 33.2 Å². The van der Waals surface area contributed by atoms with E-state index >= 15 is 0 Å². The molecule has 2 heterocycles. The normalized spacial score (nSPS) is 19.3. The minimum atomic E-state index is 0.585. The van der Waals surface area contributed by atoms with Crippen LogP contribution in [0.2, 0.25) is 0 Å². The van der Waals surface area contributed by atoms with E-state index in [0.717, 1.165) is 43.6 Å². The van der Waals surface area contributed by atoms with Crippen LogP contribution in [0.3, 0.4) is 0 Å². The minimum Gasteiger partial charge on any atom is -0.493 e. The Morgan fingerprint density at radius 1 is 1.36 bits per heavy atom. The molecular formula is C18H24N2O2. The lowest BCUT2D eigenvalue weighted by molar-refractivity contribution is 0.124. The Morgan fingerprint density at radius 3 is 3.05 bits per heavy atom. The van der Waals surface area contributed by atoms with E-state index in [-0.39, 0.29) is 0 Å².